The molecule has 0 spiro atoms. The monoisotopic (exact) mass is 253 g/mol. The fourth-order valence-corrected chi connectivity index (χ4v) is 2.61. The Kier molecular flexibility index (Phi) is 3.19. The summed E-state index contributed by atoms with van der Waals surface area (Å²) in [6.45, 7) is 2.49. The summed E-state index contributed by atoms with van der Waals surface area (Å²) in [4.78, 5) is 24.5. The van der Waals surface area contributed by atoms with Gasteiger partial charge in [0, 0.05) is 4.88 Å². The molecule has 1 N–H and O–H groups in total. The molecule has 0 radical (unpaired) electrons. The topological polar surface area (TPSA) is 55.4 Å². The summed E-state index contributed by atoms with van der Waals surface area (Å²) < 4.78 is 4.66. The molecule has 92 valence electrons. The summed E-state index contributed by atoms with van der Waals surface area (Å²) in [6.07, 6.45) is 1.18. The molecule has 1 aromatic rings. The predicted molar refractivity (Wildman–Crippen MR) is 64.6 cm³/mol. The average molecular weight is 253 g/mol. The molecule has 17 heavy (non-hydrogen) atoms. The van der Waals surface area contributed by atoms with Crippen LogP contribution in [0.2, 0.25) is 0 Å². The molecule has 1 aliphatic carbocycles. The highest BCUT2D eigenvalue weighted by Crippen LogP contribution is 2.46. The van der Waals surface area contributed by atoms with Gasteiger partial charge in [-0.05, 0) is 36.8 Å². The molecule has 5 heteroatoms. The van der Waals surface area contributed by atoms with Crippen molar-refractivity contribution in [1.29, 1.82) is 0 Å². The van der Waals surface area contributed by atoms with Crippen molar-refractivity contribution < 1.29 is 14.3 Å². The molecule has 2 rings (SSSR count). The third-order valence-corrected chi connectivity index (χ3v) is 4.16. The van der Waals surface area contributed by atoms with Crippen molar-refractivity contribution in [1.82, 2.24) is 5.32 Å². The molecule has 1 heterocycles. The molecule has 0 saturated heterocycles. The van der Waals surface area contributed by atoms with E-state index in [4.69, 9.17) is 0 Å². The van der Waals surface area contributed by atoms with E-state index in [-0.39, 0.29) is 5.91 Å². The van der Waals surface area contributed by atoms with Gasteiger partial charge in [-0.1, -0.05) is 0 Å². The molecule has 4 nitrogen and oxygen atoms in total. The van der Waals surface area contributed by atoms with E-state index in [0.717, 1.165) is 4.88 Å². The first-order chi connectivity index (χ1) is 8.10. The van der Waals surface area contributed by atoms with Crippen LogP contribution in [0.3, 0.4) is 0 Å². The number of nitrogens with one attached hydrogen (secondary N) is 1. The summed E-state index contributed by atoms with van der Waals surface area (Å²) in [5.41, 5.74) is 0.262. The first kappa shape index (κ1) is 12.1. The maximum absolute atomic E-state index is 11.9. The zero-order chi connectivity index (χ0) is 12.5. The molecular formula is C12H15NO3S. The van der Waals surface area contributed by atoms with Crippen molar-refractivity contribution in [2.24, 2.45) is 5.41 Å². The zero-order valence-corrected chi connectivity index (χ0v) is 10.7. The Balaban J connectivity index is 1.95. The van der Waals surface area contributed by atoms with Crippen molar-refractivity contribution in [2.75, 3.05) is 7.11 Å². The summed E-state index contributed by atoms with van der Waals surface area (Å²) >= 11 is 1.61. The minimum Gasteiger partial charge on any atom is -0.468 e. The maximum Gasteiger partial charge on any atom is 0.321 e. The van der Waals surface area contributed by atoms with Crippen molar-refractivity contribution in [3.05, 3.63) is 21.9 Å². The fourth-order valence-electron chi connectivity index (χ4n) is 1.76. The molecule has 0 aliphatic heterocycles. The van der Waals surface area contributed by atoms with E-state index in [0.29, 0.717) is 19.4 Å². The van der Waals surface area contributed by atoms with Crippen LogP contribution >= 0.6 is 11.3 Å². The van der Waals surface area contributed by atoms with Crippen LogP contribution in [0.5, 0.6) is 0 Å². The van der Waals surface area contributed by atoms with Crippen LogP contribution in [0.25, 0.3) is 0 Å². The van der Waals surface area contributed by atoms with Gasteiger partial charge in [0.05, 0.1) is 13.7 Å². The predicted octanol–water partition coefficient (Wildman–Crippen LogP) is 1.63. The quantitative estimate of drug-likeness (QED) is 0.655. The van der Waals surface area contributed by atoms with Crippen molar-refractivity contribution >= 4 is 23.2 Å². The van der Waals surface area contributed by atoms with Gasteiger partial charge >= 0.3 is 5.97 Å². The average Bonchev–Trinajstić information content (AvgIpc) is 3.04. The third-order valence-electron chi connectivity index (χ3n) is 3.14. The smallest absolute Gasteiger partial charge is 0.321 e. The van der Waals surface area contributed by atoms with Gasteiger partial charge in [-0.3, -0.25) is 9.59 Å². The number of hydrogen-bond acceptors (Lipinski definition) is 4. The van der Waals surface area contributed by atoms with Crippen LogP contribution in [0, 0.1) is 12.3 Å². The second-order valence-corrected chi connectivity index (χ2v) is 5.28. The van der Waals surface area contributed by atoms with Gasteiger partial charge in [0.25, 0.3) is 0 Å². The van der Waals surface area contributed by atoms with Gasteiger partial charge in [0.15, 0.2) is 0 Å². The van der Waals surface area contributed by atoms with Crippen molar-refractivity contribution in [3.8, 4) is 0 Å². The van der Waals surface area contributed by atoms with Gasteiger partial charge in [0.1, 0.15) is 5.41 Å². The van der Waals surface area contributed by atoms with Crippen molar-refractivity contribution in [3.63, 3.8) is 0 Å². The summed E-state index contributed by atoms with van der Waals surface area (Å²) in [6, 6.07) is 2.01. The van der Waals surface area contributed by atoms with E-state index in [1.54, 1.807) is 11.3 Å². The lowest BCUT2D eigenvalue weighted by Crippen LogP contribution is -2.37. The highest BCUT2D eigenvalue weighted by molar-refractivity contribution is 7.10. The molecule has 1 fully saturated rings. The van der Waals surface area contributed by atoms with E-state index in [2.05, 4.69) is 10.1 Å². The maximum atomic E-state index is 11.9. The molecule has 1 aliphatic rings. The lowest BCUT2D eigenvalue weighted by Gasteiger charge is -2.12. The third kappa shape index (κ3) is 2.20. The van der Waals surface area contributed by atoms with Crippen LogP contribution in [-0.4, -0.2) is 19.0 Å². The zero-order valence-electron chi connectivity index (χ0n) is 9.91. The van der Waals surface area contributed by atoms with Crippen LogP contribution < -0.4 is 5.32 Å². The Morgan fingerprint density at radius 3 is 2.71 bits per heavy atom. The number of carbonyl (C=O) groups excluding carboxylic acids is 2. The summed E-state index contributed by atoms with van der Waals surface area (Å²) in [5, 5.41) is 4.80. The molecule has 0 aromatic carbocycles. The minimum absolute atomic E-state index is 0.211. The van der Waals surface area contributed by atoms with Gasteiger partial charge in [-0.2, -0.15) is 0 Å². The van der Waals surface area contributed by atoms with Gasteiger partial charge in [-0.15, -0.1) is 11.3 Å². The first-order valence-electron chi connectivity index (χ1n) is 5.50. The molecule has 1 saturated carbocycles. The summed E-state index contributed by atoms with van der Waals surface area (Å²) in [5.74, 6) is -0.630. The number of carbonyl (C=O) groups is 2. The number of methoxy groups -OCH3 is 1. The summed E-state index contributed by atoms with van der Waals surface area (Å²) in [7, 11) is 1.32. The number of hydrogen-bond donors (Lipinski definition) is 1. The van der Waals surface area contributed by atoms with Crippen LogP contribution in [0.1, 0.15) is 23.3 Å². The second-order valence-electron chi connectivity index (χ2n) is 4.28. The van der Waals surface area contributed by atoms with Gasteiger partial charge in [-0.25, -0.2) is 0 Å². The number of thiophene rings is 1. The lowest BCUT2D eigenvalue weighted by molar-refractivity contribution is -0.152. The molecule has 0 unspecified atom stereocenters. The second kappa shape index (κ2) is 4.49. The van der Waals surface area contributed by atoms with Crippen LogP contribution in [0.4, 0.5) is 0 Å². The number of amides is 1. The Morgan fingerprint density at radius 2 is 2.24 bits per heavy atom. The van der Waals surface area contributed by atoms with Gasteiger partial charge < -0.3 is 10.1 Å². The molecular weight excluding hydrogens is 238 g/mol. The van der Waals surface area contributed by atoms with Gasteiger partial charge in [0.2, 0.25) is 5.91 Å². The number of esters is 1. The van der Waals surface area contributed by atoms with Crippen LogP contribution in [0.15, 0.2) is 11.4 Å². The van der Waals surface area contributed by atoms with E-state index in [1.165, 1.54) is 12.7 Å². The Labute approximate surface area is 104 Å². The molecule has 0 atom stereocenters. The Bertz CT molecular complexity index is 448. The number of rotatable bonds is 4. The molecule has 1 aromatic heterocycles. The van der Waals surface area contributed by atoms with E-state index >= 15 is 0 Å². The first-order valence-corrected chi connectivity index (χ1v) is 6.38. The number of ether oxygens (including phenoxy) is 1. The SMILES string of the molecule is COC(=O)C1(C(=O)NCc2sccc2C)CC1. The normalized spacial score (nSPS) is 16.4. The Morgan fingerprint density at radius 1 is 1.53 bits per heavy atom. The Hall–Kier alpha value is -1.36. The molecule has 0 bridgehead atoms. The minimum atomic E-state index is -0.903. The fraction of sp³-hybridized carbons (Fsp3) is 0.500. The van der Waals surface area contributed by atoms with E-state index < -0.39 is 11.4 Å². The van der Waals surface area contributed by atoms with E-state index in [1.807, 2.05) is 18.4 Å². The standard InChI is InChI=1S/C12H15NO3S/c1-8-3-6-17-9(8)7-13-10(14)12(4-5-12)11(15)16-2/h3,6H,4-5,7H2,1-2H3,(H,13,14). The van der Waals surface area contributed by atoms with Crippen molar-refractivity contribution in [2.45, 2.75) is 26.3 Å². The number of aryl methyl sites for hydroxylation is 1. The highest BCUT2D eigenvalue weighted by atomic mass is 32.1. The molecule has 1 amide bonds. The largest absolute Gasteiger partial charge is 0.468 e. The lowest BCUT2D eigenvalue weighted by atomic mass is 10.1. The highest BCUT2D eigenvalue weighted by Gasteiger charge is 2.57. The van der Waals surface area contributed by atoms with E-state index in [9.17, 15) is 9.59 Å². The van der Waals surface area contributed by atoms with Crippen LogP contribution in [-0.2, 0) is 20.9 Å².